The zero-order valence-corrected chi connectivity index (χ0v) is 39.9. The molecule has 352 valence electrons. The summed E-state index contributed by atoms with van der Waals surface area (Å²) < 4.78 is 39.3. The highest BCUT2D eigenvalue weighted by molar-refractivity contribution is 7.91. The first kappa shape index (κ1) is 47.2. The Morgan fingerprint density at radius 1 is 0.746 bits per heavy atom. The van der Waals surface area contributed by atoms with Crippen LogP contribution in [0.4, 0.5) is 4.79 Å². The van der Waals surface area contributed by atoms with Gasteiger partial charge in [0.1, 0.15) is 10.3 Å². The van der Waals surface area contributed by atoms with Crippen molar-refractivity contribution in [3.05, 3.63) is 113 Å². The number of aryl methyl sites for hydroxylation is 2. The Morgan fingerprint density at radius 3 is 1.81 bits per heavy atom. The Kier molecular flexibility index (Phi) is 13.8. The molecule has 0 spiro atoms. The van der Waals surface area contributed by atoms with Gasteiger partial charge in [-0.05, 0) is 104 Å². The highest BCUT2D eigenvalue weighted by atomic mass is 32.2. The van der Waals surface area contributed by atoms with Crippen molar-refractivity contribution < 1.29 is 32.3 Å². The third kappa shape index (κ3) is 8.88. The van der Waals surface area contributed by atoms with E-state index in [1.165, 1.54) is 11.0 Å². The van der Waals surface area contributed by atoms with Gasteiger partial charge in [-0.3, -0.25) is 20.1 Å². The Morgan fingerprint density at radius 2 is 1.30 bits per heavy atom. The number of carbonyl (C=O) groups is 4. The summed E-state index contributed by atoms with van der Waals surface area (Å²) in [6.45, 7) is 9.10. The van der Waals surface area contributed by atoms with Crippen LogP contribution in [0.1, 0.15) is 97.1 Å². The van der Waals surface area contributed by atoms with Crippen molar-refractivity contribution in [1.29, 1.82) is 0 Å². The Bertz CT molecular complexity index is 3130. The summed E-state index contributed by atoms with van der Waals surface area (Å²) in [6.07, 6.45) is 0.173. The van der Waals surface area contributed by atoms with Crippen LogP contribution in [0, 0.1) is 0 Å². The molecule has 7 aromatic rings. The number of piperazine rings is 1. The molecule has 1 aliphatic heterocycles. The summed E-state index contributed by atoms with van der Waals surface area (Å²) in [5.41, 5.74) is 24.6. The van der Waals surface area contributed by atoms with Gasteiger partial charge in [0.15, 0.2) is 6.23 Å². The lowest BCUT2D eigenvalue weighted by Gasteiger charge is -2.39. The van der Waals surface area contributed by atoms with Crippen LogP contribution in [0.15, 0.2) is 94.5 Å². The van der Waals surface area contributed by atoms with Crippen LogP contribution in [0.5, 0.6) is 0 Å². The topological polar surface area (TPSA) is 218 Å². The fourth-order valence-corrected chi connectivity index (χ4v) is 12.7. The predicted octanol–water partition coefficient (Wildman–Crippen LogP) is 7.58. The van der Waals surface area contributed by atoms with Gasteiger partial charge in [-0.25, -0.2) is 13.2 Å². The summed E-state index contributed by atoms with van der Waals surface area (Å²) in [5.74, 6) is -1.93. The van der Waals surface area contributed by atoms with E-state index in [1.54, 1.807) is 17.5 Å². The van der Waals surface area contributed by atoms with Crippen molar-refractivity contribution in [1.82, 2.24) is 23.7 Å². The van der Waals surface area contributed by atoms with Crippen LogP contribution in [-0.2, 0) is 32.6 Å². The molecule has 4 heterocycles. The van der Waals surface area contributed by atoms with E-state index in [0.717, 1.165) is 70.4 Å². The second-order valence-corrected chi connectivity index (χ2v) is 20.2. The van der Waals surface area contributed by atoms with Gasteiger partial charge >= 0.3 is 6.09 Å². The van der Waals surface area contributed by atoms with Gasteiger partial charge in [-0.15, -0.1) is 11.3 Å². The molecule has 3 aromatic heterocycles. The van der Waals surface area contributed by atoms with Crippen molar-refractivity contribution in [3.63, 3.8) is 0 Å². The molecule has 0 bridgehead atoms. The zero-order valence-electron chi connectivity index (χ0n) is 38.2. The fraction of sp³-hybridized carbons (Fsp3) is 0.360. The lowest BCUT2D eigenvalue weighted by Crippen LogP contribution is -2.61. The maximum Gasteiger partial charge on any atom is 0.411 e. The molecule has 15 nitrogen and oxygen atoms in total. The number of thiophene rings is 1. The number of benzene rings is 4. The molecule has 67 heavy (non-hydrogen) atoms. The molecule has 4 aromatic carbocycles. The quantitative estimate of drug-likeness (QED) is 0.0666. The normalized spacial score (nSPS) is 16.1. The number of hydrogen-bond acceptors (Lipinski definition) is 9. The molecule has 7 N–H and O–H groups in total. The average Bonchev–Trinajstić information content (AvgIpc) is 4.07. The summed E-state index contributed by atoms with van der Waals surface area (Å²) in [6, 6.07) is 25.6. The second kappa shape index (κ2) is 19.5. The summed E-state index contributed by atoms with van der Waals surface area (Å²) >= 11 is 1.05. The Balaban J connectivity index is 0.989. The van der Waals surface area contributed by atoms with E-state index in [-0.39, 0.29) is 48.6 Å². The van der Waals surface area contributed by atoms with Crippen LogP contribution in [0.2, 0.25) is 0 Å². The van der Waals surface area contributed by atoms with E-state index in [9.17, 15) is 27.6 Å². The maximum atomic E-state index is 14.2. The first-order valence-electron chi connectivity index (χ1n) is 23.0. The fourth-order valence-electron chi connectivity index (χ4n) is 10.0. The molecule has 1 saturated heterocycles. The van der Waals surface area contributed by atoms with Gasteiger partial charge in [-0.2, -0.15) is 4.31 Å². The molecule has 4 unspecified atom stereocenters. The molecular weight excluding hydrogens is 889 g/mol. The number of nitrogens with zero attached hydrogens (tertiary/aromatic N) is 4. The highest BCUT2D eigenvalue weighted by Crippen LogP contribution is 2.38. The number of nitrogens with two attached hydrogens (primary N) is 3. The van der Waals surface area contributed by atoms with E-state index in [4.69, 9.17) is 21.9 Å². The van der Waals surface area contributed by atoms with E-state index in [1.807, 2.05) is 82.3 Å². The minimum atomic E-state index is -4.11. The number of fused-ring (bicyclic) bond motifs is 6. The van der Waals surface area contributed by atoms with Crippen LogP contribution in [-0.4, -0.2) is 89.0 Å². The number of amides is 4. The van der Waals surface area contributed by atoms with Crippen molar-refractivity contribution in [3.8, 4) is 0 Å². The largest absolute Gasteiger partial charge is 0.431 e. The molecule has 4 amide bonds. The third-order valence-electron chi connectivity index (χ3n) is 13.4. The minimum absolute atomic E-state index is 0.0334. The highest BCUT2D eigenvalue weighted by Gasteiger charge is 2.42. The number of carbonyl (C=O) groups excluding carboxylic acids is 4. The molecular formula is C50H58N8O7S2. The van der Waals surface area contributed by atoms with E-state index < -0.39 is 46.1 Å². The average molecular weight is 947 g/mol. The van der Waals surface area contributed by atoms with Gasteiger partial charge in [0, 0.05) is 78.3 Å². The van der Waals surface area contributed by atoms with Gasteiger partial charge in [-0.1, -0.05) is 56.3 Å². The van der Waals surface area contributed by atoms with E-state index in [2.05, 4.69) is 26.6 Å². The minimum Gasteiger partial charge on any atom is -0.431 e. The third-order valence-corrected chi connectivity index (χ3v) is 16.7. The molecule has 1 fully saturated rings. The number of hydrogen-bond donors (Lipinski definition) is 4. The number of ether oxygens (including phenoxy) is 1. The van der Waals surface area contributed by atoms with Crippen LogP contribution >= 0.6 is 11.3 Å². The number of primary amides is 2. The van der Waals surface area contributed by atoms with Crippen molar-refractivity contribution in [2.45, 2.75) is 94.8 Å². The number of para-hydroxylation sites is 2. The van der Waals surface area contributed by atoms with Crippen LogP contribution in [0.25, 0.3) is 43.6 Å². The van der Waals surface area contributed by atoms with Gasteiger partial charge < -0.3 is 35.6 Å². The SMILES string of the molecule is CCC(CCNC(=O)C1CN(C(=O)OC(N)CC(CC)c2cc(C(N)=O)c3c(c2)c2ccccc2n3CC)CCN1S(=O)(=O)c1cccs1)c1cc(C(N)=O)c2c(c1)c1ccccc1n2CC. The van der Waals surface area contributed by atoms with Crippen LogP contribution < -0.4 is 22.5 Å². The summed E-state index contributed by atoms with van der Waals surface area (Å²) in [4.78, 5) is 55.2. The maximum absolute atomic E-state index is 14.2. The standard InChI is InChI=1S/C50H58N8O7S2/c1-5-30(32-24-36-34-14-9-11-16-40(34)56(7-3)45(36)38(26-32)47(52)59)19-20-54-49(61)42-29-55(21-22-58(42)67(63,64)44-18-13-23-66-44)50(62)65-43(51)28-31(6-2)33-25-37-35-15-10-12-17-41(35)57(8-4)46(37)39(27-33)48(53)60/h9-18,23-27,30-31,42-43H,5-8,19-22,28-29,51H2,1-4H3,(H2,52,59)(H2,53,60)(H,54,61). The van der Waals surface area contributed by atoms with Gasteiger partial charge in [0.2, 0.25) is 5.91 Å². The smallest absolute Gasteiger partial charge is 0.411 e. The zero-order chi connectivity index (χ0) is 47.7. The second-order valence-electron chi connectivity index (χ2n) is 17.1. The number of aromatic nitrogens is 2. The molecule has 0 radical (unpaired) electrons. The molecule has 8 rings (SSSR count). The van der Waals surface area contributed by atoms with E-state index >= 15 is 0 Å². The van der Waals surface area contributed by atoms with Gasteiger partial charge in [0.25, 0.3) is 21.8 Å². The molecule has 0 aliphatic carbocycles. The summed E-state index contributed by atoms with van der Waals surface area (Å²) in [7, 11) is -4.11. The predicted molar refractivity (Wildman–Crippen MR) is 264 cm³/mol. The van der Waals surface area contributed by atoms with Crippen molar-refractivity contribution >= 4 is 88.8 Å². The van der Waals surface area contributed by atoms with Crippen molar-refractivity contribution in [2.24, 2.45) is 17.2 Å². The molecule has 0 saturated carbocycles. The molecule has 4 atom stereocenters. The van der Waals surface area contributed by atoms with Crippen molar-refractivity contribution in [2.75, 3.05) is 26.2 Å². The monoisotopic (exact) mass is 946 g/mol. The number of rotatable bonds is 17. The first-order valence-corrected chi connectivity index (χ1v) is 25.3. The Labute approximate surface area is 393 Å². The summed E-state index contributed by atoms with van der Waals surface area (Å²) in [5, 5.41) is 8.45. The number of nitrogens with one attached hydrogen (secondary N) is 1. The molecule has 17 heteroatoms. The van der Waals surface area contributed by atoms with Crippen LogP contribution in [0.3, 0.4) is 0 Å². The number of sulfonamides is 1. The van der Waals surface area contributed by atoms with E-state index in [0.29, 0.717) is 43.5 Å². The van der Waals surface area contributed by atoms with Gasteiger partial charge in [0.05, 0.1) is 22.2 Å². The molecule has 1 aliphatic rings. The lowest BCUT2D eigenvalue weighted by atomic mass is 9.89. The Hall–Kier alpha value is -6.27. The first-order chi connectivity index (χ1) is 32.2. The lowest BCUT2D eigenvalue weighted by molar-refractivity contribution is -0.126.